The Morgan fingerprint density at radius 3 is 2.64 bits per heavy atom. The van der Waals surface area contributed by atoms with Gasteiger partial charge in [0.2, 0.25) is 0 Å². The molecule has 1 aliphatic carbocycles. The van der Waals surface area contributed by atoms with Crippen LogP contribution in [-0.2, 0) is 9.53 Å². The van der Waals surface area contributed by atoms with E-state index in [1.165, 1.54) is 0 Å². The first-order valence-electron chi connectivity index (χ1n) is 8.40. The van der Waals surface area contributed by atoms with Gasteiger partial charge in [0.05, 0.1) is 13.7 Å². The lowest BCUT2D eigenvalue weighted by molar-refractivity contribution is -0.139. The molecule has 0 heterocycles. The van der Waals surface area contributed by atoms with Gasteiger partial charge in [-0.25, -0.2) is 4.79 Å². The molecule has 1 aliphatic rings. The molecule has 2 N–H and O–H groups in total. The second-order valence-corrected chi connectivity index (χ2v) is 5.93. The third-order valence-corrected chi connectivity index (χ3v) is 3.85. The summed E-state index contributed by atoms with van der Waals surface area (Å²) in [6, 6.07) is 7.79. The summed E-state index contributed by atoms with van der Waals surface area (Å²) in [5.41, 5.74) is 9.29. The minimum atomic E-state index is -0.276. The highest BCUT2D eigenvalue weighted by atomic mass is 16.5. The lowest BCUT2D eigenvalue weighted by Crippen LogP contribution is -2.10. The van der Waals surface area contributed by atoms with Crippen molar-refractivity contribution in [3.05, 3.63) is 71.0 Å². The average molecular weight is 339 g/mol. The number of benzene rings is 1. The van der Waals surface area contributed by atoms with E-state index in [4.69, 9.17) is 15.2 Å². The van der Waals surface area contributed by atoms with Gasteiger partial charge in [0.1, 0.15) is 5.75 Å². The van der Waals surface area contributed by atoms with E-state index in [0.29, 0.717) is 17.9 Å². The number of esters is 1. The molecule has 0 saturated carbocycles. The molecule has 0 aliphatic heterocycles. The highest BCUT2D eigenvalue weighted by molar-refractivity contribution is 5.88. The smallest absolute Gasteiger partial charge is 0.333 e. The number of hydrogen-bond donors (Lipinski definition) is 1. The number of methoxy groups -OCH3 is 1. The average Bonchev–Trinajstić information content (AvgIpc) is 2.62. The van der Waals surface area contributed by atoms with Gasteiger partial charge < -0.3 is 15.2 Å². The Labute approximate surface area is 149 Å². The number of ether oxygens (including phenoxy) is 2. The van der Waals surface area contributed by atoms with E-state index in [1.54, 1.807) is 14.0 Å². The van der Waals surface area contributed by atoms with Gasteiger partial charge in [-0.3, -0.25) is 0 Å². The number of allylic oxidation sites excluding steroid dienone is 5. The van der Waals surface area contributed by atoms with E-state index >= 15 is 0 Å². The summed E-state index contributed by atoms with van der Waals surface area (Å²) in [5.74, 6) is 0.511. The van der Waals surface area contributed by atoms with Crippen LogP contribution in [-0.4, -0.2) is 19.7 Å². The van der Waals surface area contributed by atoms with E-state index < -0.39 is 0 Å². The third kappa shape index (κ3) is 5.38. The molecule has 1 aromatic rings. The molecule has 0 fully saturated rings. The van der Waals surface area contributed by atoms with Crippen LogP contribution < -0.4 is 10.5 Å². The maximum Gasteiger partial charge on any atom is 0.333 e. The first-order chi connectivity index (χ1) is 12.0. The molecule has 0 spiro atoms. The topological polar surface area (TPSA) is 61.5 Å². The first-order valence-corrected chi connectivity index (χ1v) is 8.40. The lowest BCUT2D eigenvalue weighted by Gasteiger charge is -2.16. The van der Waals surface area contributed by atoms with Gasteiger partial charge in [0.15, 0.2) is 0 Å². The van der Waals surface area contributed by atoms with Crippen LogP contribution in [0.4, 0.5) is 0 Å². The van der Waals surface area contributed by atoms with Gasteiger partial charge in [0, 0.05) is 17.2 Å². The van der Waals surface area contributed by atoms with Crippen LogP contribution in [0.2, 0.25) is 0 Å². The number of nitrogens with two attached hydrogens (primary N) is 1. The molecule has 0 saturated heterocycles. The zero-order chi connectivity index (χ0) is 18.2. The molecular formula is C21H25NO3. The standard InChI is InChI=1S/C21H25NO3/c1-4-11-25-21(23)15(2)12-17-7-8-19(22)14-18(17)13-16-5-9-20(24-3)10-6-16/h5-10,12-14,17H,4,11,22H2,1-3H3. The Hall–Kier alpha value is -2.75. The maximum atomic E-state index is 12.0. The van der Waals surface area contributed by atoms with Crippen molar-refractivity contribution in [2.75, 3.05) is 13.7 Å². The van der Waals surface area contributed by atoms with Gasteiger partial charge in [-0.1, -0.05) is 37.3 Å². The van der Waals surface area contributed by atoms with Crippen molar-refractivity contribution >= 4 is 12.0 Å². The van der Waals surface area contributed by atoms with Crippen molar-refractivity contribution in [1.29, 1.82) is 0 Å². The van der Waals surface area contributed by atoms with Gasteiger partial charge in [-0.05, 0) is 48.8 Å². The summed E-state index contributed by atoms with van der Waals surface area (Å²) in [6.45, 7) is 4.18. The Morgan fingerprint density at radius 2 is 2.00 bits per heavy atom. The van der Waals surface area contributed by atoms with Gasteiger partial charge in [0.25, 0.3) is 0 Å². The molecule has 0 radical (unpaired) electrons. The monoisotopic (exact) mass is 339 g/mol. The normalized spacial score (nSPS) is 18.8. The van der Waals surface area contributed by atoms with E-state index in [1.807, 2.05) is 55.5 Å². The van der Waals surface area contributed by atoms with E-state index in [-0.39, 0.29) is 11.9 Å². The minimum absolute atomic E-state index is 0.0245. The number of carbonyl (C=O) groups is 1. The van der Waals surface area contributed by atoms with Crippen molar-refractivity contribution in [3.8, 4) is 5.75 Å². The lowest BCUT2D eigenvalue weighted by atomic mass is 9.90. The molecule has 0 amide bonds. The van der Waals surface area contributed by atoms with Crippen molar-refractivity contribution in [2.24, 2.45) is 11.7 Å². The van der Waals surface area contributed by atoms with Crippen LogP contribution in [0, 0.1) is 5.92 Å². The van der Waals surface area contributed by atoms with Crippen molar-refractivity contribution in [2.45, 2.75) is 20.3 Å². The maximum absolute atomic E-state index is 12.0. The molecule has 4 nitrogen and oxygen atoms in total. The summed E-state index contributed by atoms with van der Waals surface area (Å²) in [5, 5.41) is 0. The highest BCUT2D eigenvalue weighted by Crippen LogP contribution is 2.26. The predicted octanol–water partition coefficient (Wildman–Crippen LogP) is 4.01. The Bertz CT molecular complexity index is 724. The molecule has 25 heavy (non-hydrogen) atoms. The fourth-order valence-corrected chi connectivity index (χ4v) is 2.49. The van der Waals surface area contributed by atoms with Gasteiger partial charge >= 0.3 is 5.97 Å². The summed E-state index contributed by atoms with van der Waals surface area (Å²) in [6.07, 6.45) is 10.5. The summed E-state index contributed by atoms with van der Waals surface area (Å²) >= 11 is 0. The van der Waals surface area contributed by atoms with Crippen LogP contribution >= 0.6 is 0 Å². The van der Waals surface area contributed by atoms with Crippen molar-refractivity contribution in [3.63, 3.8) is 0 Å². The minimum Gasteiger partial charge on any atom is -0.497 e. The van der Waals surface area contributed by atoms with E-state index in [9.17, 15) is 4.79 Å². The van der Waals surface area contributed by atoms with Crippen LogP contribution in [0.3, 0.4) is 0 Å². The zero-order valence-corrected chi connectivity index (χ0v) is 15.0. The molecule has 1 aromatic carbocycles. The predicted molar refractivity (Wildman–Crippen MR) is 101 cm³/mol. The number of carbonyl (C=O) groups excluding carboxylic acids is 1. The summed E-state index contributed by atoms with van der Waals surface area (Å²) in [4.78, 5) is 12.0. The Kier molecular flexibility index (Phi) is 6.63. The first kappa shape index (κ1) is 18.6. The quantitative estimate of drug-likeness (QED) is 0.628. The molecule has 2 rings (SSSR count). The molecule has 1 unspecified atom stereocenters. The van der Waals surface area contributed by atoms with Crippen molar-refractivity contribution < 1.29 is 14.3 Å². The van der Waals surface area contributed by atoms with Crippen LogP contribution in [0.5, 0.6) is 5.75 Å². The second-order valence-electron chi connectivity index (χ2n) is 5.93. The molecule has 4 heteroatoms. The van der Waals surface area contributed by atoms with Crippen LogP contribution in [0.15, 0.2) is 65.4 Å². The SMILES string of the molecule is CCCOC(=O)C(C)=CC1C=CC(N)=CC1=Cc1ccc(OC)cc1. The molecule has 1 atom stereocenters. The molecule has 0 bridgehead atoms. The van der Waals surface area contributed by atoms with E-state index in [0.717, 1.165) is 23.3 Å². The van der Waals surface area contributed by atoms with Crippen LogP contribution in [0.1, 0.15) is 25.8 Å². The van der Waals surface area contributed by atoms with Crippen LogP contribution in [0.25, 0.3) is 6.08 Å². The number of rotatable bonds is 6. The fourth-order valence-electron chi connectivity index (χ4n) is 2.49. The molecule has 0 aromatic heterocycles. The zero-order valence-electron chi connectivity index (χ0n) is 15.0. The molecule has 132 valence electrons. The summed E-state index contributed by atoms with van der Waals surface area (Å²) in [7, 11) is 1.64. The van der Waals surface area contributed by atoms with Crippen molar-refractivity contribution in [1.82, 2.24) is 0 Å². The molecular weight excluding hydrogens is 314 g/mol. The number of hydrogen-bond acceptors (Lipinski definition) is 4. The third-order valence-electron chi connectivity index (χ3n) is 3.85. The van der Waals surface area contributed by atoms with Gasteiger partial charge in [-0.15, -0.1) is 0 Å². The Balaban J connectivity index is 2.24. The highest BCUT2D eigenvalue weighted by Gasteiger charge is 2.14. The fraction of sp³-hybridized carbons (Fsp3) is 0.286. The summed E-state index contributed by atoms with van der Waals surface area (Å²) < 4.78 is 10.4. The van der Waals surface area contributed by atoms with E-state index in [2.05, 4.69) is 6.08 Å². The second kappa shape index (κ2) is 8.92. The van der Waals surface area contributed by atoms with Gasteiger partial charge in [-0.2, -0.15) is 0 Å². The Morgan fingerprint density at radius 1 is 1.28 bits per heavy atom. The largest absolute Gasteiger partial charge is 0.497 e.